The lowest BCUT2D eigenvalue weighted by atomic mass is 10.0. The molecule has 1 saturated heterocycles. The molecule has 1 fully saturated rings. The van der Waals surface area contributed by atoms with Gasteiger partial charge in [0.1, 0.15) is 5.82 Å². The zero-order chi connectivity index (χ0) is 15.4. The molecule has 0 aliphatic carbocycles. The molecule has 21 heavy (non-hydrogen) atoms. The van der Waals surface area contributed by atoms with Crippen molar-refractivity contribution in [2.45, 2.75) is 38.8 Å². The van der Waals surface area contributed by atoms with E-state index in [1.807, 2.05) is 20.9 Å². The molecule has 1 unspecified atom stereocenters. The summed E-state index contributed by atoms with van der Waals surface area (Å²) in [5.74, 6) is 1.41. The molecule has 0 aromatic carbocycles. The van der Waals surface area contributed by atoms with Crippen LogP contribution in [-0.4, -0.2) is 70.7 Å². The van der Waals surface area contributed by atoms with Gasteiger partial charge in [0.2, 0.25) is 5.91 Å². The summed E-state index contributed by atoms with van der Waals surface area (Å²) in [5.41, 5.74) is 0. The van der Waals surface area contributed by atoms with Crippen LogP contribution in [0.4, 0.5) is 0 Å². The summed E-state index contributed by atoms with van der Waals surface area (Å²) < 4.78 is 0. The molecule has 2 heterocycles. The molecule has 7 heteroatoms. The smallest absolute Gasteiger partial charge is 0.234 e. The van der Waals surface area contributed by atoms with Gasteiger partial charge in [-0.15, -0.1) is 0 Å². The van der Waals surface area contributed by atoms with E-state index in [1.165, 1.54) is 0 Å². The van der Waals surface area contributed by atoms with E-state index in [0.717, 1.165) is 31.8 Å². The minimum atomic E-state index is -0.173. The third-order valence-corrected chi connectivity index (χ3v) is 4.08. The van der Waals surface area contributed by atoms with Gasteiger partial charge in [-0.05, 0) is 53.9 Å². The standard InChI is InChI=1S/C14H26N6O/c1-10(14-16-11(2)17-18-14)15-13(21)9-20(4)12-5-7-19(3)8-6-12/h10,12H,5-9H2,1-4H3,(H,15,21)(H,16,17,18). The van der Waals surface area contributed by atoms with Crippen molar-refractivity contribution >= 4 is 5.91 Å². The summed E-state index contributed by atoms with van der Waals surface area (Å²) >= 11 is 0. The van der Waals surface area contributed by atoms with Crippen LogP contribution in [0.3, 0.4) is 0 Å². The second-order valence-electron chi connectivity index (χ2n) is 6.02. The van der Waals surface area contributed by atoms with Crippen molar-refractivity contribution in [2.75, 3.05) is 33.7 Å². The highest BCUT2D eigenvalue weighted by atomic mass is 16.2. The van der Waals surface area contributed by atoms with E-state index in [-0.39, 0.29) is 11.9 Å². The average molecular weight is 294 g/mol. The van der Waals surface area contributed by atoms with Crippen LogP contribution < -0.4 is 5.32 Å². The summed E-state index contributed by atoms with van der Waals surface area (Å²) in [4.78, 5) is 20.8. The number of likely N-dealkylation sites (tertiary alicyclic amines) is 1. The number of likely N-dealkylation sites (N-methyl/N-ethyl adjacent to an activating group) is 1. The Balaban J connectivity index is 1.78. The van der Waals surface area contributed by atoms with Gasteiger partial charge < -0.3 is 10.2 Å². The minimum absolute atomic E-state index is 0.0198. The normalized spacial score (nSPS) is 18.9. The molecular formula is C14H26N6O. The fraction of sp³-hybridized carbons (Fsp3) is 0.786. The van der Waals surface area contributed by atoms with Crippen LogP contribution >= 0.6 is 0 Å². The maximum atomic E-state index is 12.1. The molecule has 0 spiro atoms. The lowest BCUT2D eigenvalue weighted by molar-refractivity contribution is -0.123. The zero-order valence-electron chi connectivity index (χ0n) is 13.4. The van der Waals surface area contributed by atoms with Crippen LogP contribution in [-0.2, 0) is 4.79 Å². The number of carbonyl (C=O) groups is 1. The second-order valence-corrected chi connectivity index (χ2v) is 6.02. The molecule has 1 atom stereocenters. The Kier molecular flexibility index (Phi) is 5.30. The Bertz CT molecular complexity index is 466. The molecule has 7 nitrogen and oxygen atoms in total. The molecule has 118 valence electrons. The first-order valence-corrected chi connectivity index (χ1v) is 7.52. The van der Waals surface area contributed by atoms with Crippen LogP contribution in [0.1, 0.15) is 37.5 Å². The number of piperidine rings is 1. The molecule has 2 rings (SSSR count). The van der Waals surface area contributed by atoms with Crippen molar-refractivity contribution in [3.8, 4) is 0 Å². The van der Waals surface area contributed by atoms with Crippen LogP contribution in [0.15, 0.2) is 0 Å². The summed E-state index contributed by atoms with van der Waals surface area (Å²) in [6, 6.07) is 0.321. The lowest BCUT2D eigenvalue weighted by Gasteiger charge is -2.34. The monoisotopic (exact) mass is 294 g/mol. The molecule has 0 radical (unpaired) electrons. The van der Waals surface area contributed by atoms with Crippen molar-refractivity contribution in [3.05, 3.63) is 11.6 Å². The number of aryl methyl sites for hydroxylation is 1. The summed E-state index contributed by atoms with van der Waals surface area (Å²) in [7, 11) is 4.17. The maximum absolute atomic E-state index is 12.1. The van der Waals surface area contributed by atoms with Gasteiger partial charge in [-0.3, -0.25) is 14.8 Å². The highest BCUT2D eigenvalue weighted by Gasteiger charge is 2.22. The molecule has 2 N–H and O–H groups in total. The Morgan fingerprint density at radius 3 is 2.76 bits per heavy atom. The van der Waals surface area contributed by atoms with Crippen LogP contribution in [0.5, 0.6) is 0 Å². The van der Waals surface area contributed by atoms with Crippen LogP contribution in [0.2, 0.25) is 0 Å². The molecule has 1 aliphatic heterocycles. The van der Waals surface area contributed by atoms with Crippen molar-refractivity contribution in [3.63, 3.8) is 0 Å². The highest BCUT2D eigenvalue weighted by molar-refractivity contribution is 5.78. The minimum Gasteiger partial charge on any atom is -0.345 e. The third kappa shape index (κ3) is 4.50. The summed E-state index contributed by atoms with van der Waals surface area (Å²) in [6.45, 7) is 6.37. The number of hydrogen-bond acceptors (Lipinski definition) is 5. The number of nitrogens with zero attached hydrogens (tertiary/aromatic N) is 4. The number of amides is 1. The molecule has 1 amide bonds. The number of aromatic amines is 1. The van der Waals surface area contributed by atoms with E-state index >= 15 is 0 Å². The van der Waals surface area contributed by atoms with Gasteiger partial charge >= 0.3 is 0 Å². The van der Waals surface area contributed by atoms with Crippen LogP contribution in [0.25, 0.3) is 0 Å². The SMILES string of the molecule is Cc1nc(C(C)NC(=O)CN(C)C2CCN(C)CC2)n[nH]1. The molecule has 1 aliphatic rings. The fourth-order valence-corrected chi connectivity index (χ4v) is 2.70. The van der Waals surface area contributed by atoms with E-state index in [2.05, 4.69) is 37.3 Å². The van der Waals surface area contributed by atoms with E-state index in [4.69, 9.17) is 0 Å². The topological polar surface area (TPSA) is 77.2 Å². The van der Waals surface area contributed by atoms with Crippen molar-refractivity contribution in [2.24, 2.45) is 0 Å². The Morgan fingerprint density at radius 1 is 1.52 bits per heavy atom. The van der Waals surface area contributed by atoms with E-state index < -0.39 is 0 Å². The molecule has 0 saturated carbocycles. The largest absolute Gasteiger partial charge is 0.345 e. The summed E-state index contributed by atoms with van der Waals surface area (Å²) in [5, 5.41) is 9.82. The van der Waals surface area contributed by atoms with Gasteiger partial charge in [0.25, 0.3) is 0 Å². The number of hydrogen-bond donors (Lipinski definition) is 2. The predicted octanol–water partition coefficient (Wildman–Crippen LogP) is 0.316. The van der Waals surface area contributed by atoms with Crippen molar-refractivity contribution in [1.82, 2.24) is 30.3 Å². The van der Waals surface area contributed by atoms with Gasteiger partial charge in [0.15, 0.2) is 5.82 Å². The van der Waals surface area contributed by atoms with Crippen molar-refractivity contribution in [1.29, 1.82) is 0 Å². The van der Waals surface area contributed by atoms with E-state index in [9.17, 15) is 4.79 Å². The number of rotatable bonds is 5. The third-order valence-electron chi connectivity index (χ3n) is 4.08. The number of H-pyrrole nitrogens is 1. The van der Waals surface area contributed by atoms with Gasteiger partial charge in [-0.2, -0.15) is 5.10 Å². The Morgan fingerprint density at radius 2 is 2.19 bits per heavy atom. The van der Waals surface area contributed by atoms with Gasteiger partial charge in [-0.1, -0.05) is 0 Å². The number of aromatic nitrogens is 3. The molecular weight excluding hydrogens is 268 g/mol. The lowest BCUT2D eigenvalue weighted by Crippen LogP contribution is -2.46. The van der Waals surface area contributed by atoms with E-state index in [1.54, 1.807) is 0 Å². The first-order chi connectivity index (χ1) is 9.95. The van der Waals surface area contributed by atoms with Gasteiger partial charge in [0.05, 0.1) is 12.6 Å². The first kappa shape index (κ1) is 15.9. The Labute approximate surface area is 126 Å². The Hall–Kier alpha value is -1.47. The quantitative estimate of drug-likeness (QED) is 0.817. The molecule has 1 aromatic rings. The fourth-order valence-electron chi connectivity index (χ4n) is 2.70. The van der Waals surface area contributed by atoms with Crippen molar-refractivity contribution < 1.29 is 4.79 Å². The number of nitrogens with one attached hydrogen (secondary N) is 2. The highest BCUT2D eigenvalue weighted by Crippen LogP contribution is 2.14. The molecule has 1 aromatic heterocycles. The molecule has 0 bridgehead atoms. The number of carbonyl (C=O) groups excluding carboxylic acids is 1. The van der Waals surface area contributed by atoms with Crippen LogP contribution in [0, 0.1) is 6.92 Å². The van der Waals surface area contributed by atoms with Gasteiger partial charge in [0, 0.05) is 6.04 Å². The zero-order valence-corrected chi connectivity index (χ0v) is 13.4. The second kappa shape index (κ2) is 7.00. The average Bonchev–Trinajstić information content (AvgIpc) is 2.86. The summed E-state index contributed by atoms with van der Waals surface area (Å²) in [6.07, 6.45) is 2.24. The first-order valence-electron chi connectivity index (χ1n) is 7.52. The maximum Gasteiger partial charge on any atom is 0.234 e. The van der Waals surface area contributed by atoms with Gasteiger partial charge in [-0.25, -0.2) is 4.98 Å². The predicted molar refractivity (Wildman–Crippen MR) is 80.8 cm³/mol. The van der Waals surface area contributed by atoms with E-state index in [0.29, 0.717) is 18.4 Å².